The fraction of sp³-hybridized carbons (Fsp3) is 0.857. The highest BCUT2D eigenvalue weighted by atomic mass is 16.2. The second-order valence-corrected chi connectivity index (χ2v) is 5.97. The summed E-state index contributed by atoms with van der Waals surface area (Å²) in [6.07, 6.45) is 7.30. The average Bonchev–Trinajstić information content (AvgIpc) is 2.85. The molecule has 0 aromatic carbocycles. The first-order valence-electron chi connectivity index (χ1n) is 7.34. The number of carbonyl (C=O) groups is 2. The van der Waals surface area contributed by atoms with Crippen LogP contribution in [0.4, 0.5) is 0 Å². The molecule has 1 aliphatic carbocycles. The normalized spacial score (nSPS) is 36.2. The van der Waals surface area contributed by atoms with Gasteiger partial charge in [-0.1, -0.05) is 6.42 Å². The molecule has 2 bridgehead atoms. The van der Waals surface area contributed by atoms with Gasteiger partial charge in [-0.05, 0) is 45.1 Å². The van der Waals surface area contributed by atoms with Crippen molar-refractivity contribution in [3.63, 3.8) is 0 Å². The van der Waals surface area contributed by atoms with Crippen molar-refractivity contribution in [2.75, 3.05) is 13.1 Å². The molecule has 0 spiro atoms. The maximum Gasteiger partial charge on any atom is 0.232 e. The zero-order valence-corrected chi connectivity index (χ0v) is 10.9. The fourth-order valence-corrected chi connectivity index (χ4v) is 3.66. The molecule has 3 atom stereocenters. The van der Waals surface area contributed by atoms with E-state index in [0.717, 1.165) is 32.2 Å². The Kier molecular flexibility index (Phi) is 3.37. The third-order valence-electron chi connectivity index (χ3n) is 4.78. The molecule has 4 heteroatoms. The Bertz CT molecular complexity index is 328. The Hall–Kier alpha value is -0.900. The summed E-state index contributed by atoms with van der Waals surface area (Å²) in [6.45, 7) is 1.71. The van der Waals surface area contributed by atoms with Crippen molar-refractivity contribution in [2.45, 2.75) is 51.0 Å². The van der Waals surface area contributed by atoms with Crippen molar-refractivity contribution in [2.24, 2.45) is 11.8 Å². The largest absolute Gasteiger partial charge is 0.314 e. The van der Waals surface area contributed by atoms with E-state index in [1.54, 1.807) is 4.90 Å². The van der Waals surface area contributed by atoms with Crippen molar-refractivity contribution in [3.8, 4) is 0 Å². The molecule has 1 N–H and O–H groups in total. The molecule has 3 aliphatic rings. The maximum absolute atomic E-state index is 12.2. The minimum atomic E-state index is 0.101. The van der Waals surface area contributed by atoms with Crippen LogP contribution in [0, 0.1) is 11.8 Å². The molecule has 0 aromatic rings. The minimum Gasteiger partial charge on any atom is -0.314 e. The quantitative estimate of drug-likeness (QED) is 0.768. The highest BCUT2D eigenvalue weighted by Crippen LogP contribution is 2.38. The van der Waals surface area contributed by atoms with Gasteiger partial charge in [-0.25, -0.2) is 0 Å². The number of nitrogens with zero attached hydrogens (tertiary/aromatic N) is 1. The van der Waals surface area contributed by atoms with E-state index in [9.17, 15) is 9.59 Å². The van der Waals surface area contributed by atoms with Gasteiger partial charge < -0.3 is 5.32 Å². The summed E-state index contributed by atoms with van der Waals surface area (Å²) in [5.41, 5.74) is 0. The molecule has 3 rings (SSSR count). The predicted molar refractivity (Wildman–Crippen MR) is 67.8 cm³/mol. The van der Waals surface area contributed by atoms with Gasteiger partial charge in [-0.2, -0.15) is 0 Å². The molecule has 4 nitrogen and oxygen atoms in total. The summed E-state index contributed by atoms with van der Waals surface area (Å²) >= 11 is 0. The van der Waals surface area contributed by atoms with Gasteiger partial charge in [0.15, 0.2) is 0 Å². The van der Waals surface area contributed by atoms with Crippen molar-refractivity contribution in [1.29, 1.82) is 0 Å². The van der Waals surface area contributed by atoms with Crippen molar-refractivity contribution >= 4 is 11.8 Å². The number of amides is 2. The van der Waals surface area contributed by atoms with Crippen LogP contribution in [0.25, 0.3) is 0 Å². The van der Waals surface area contributed by atoms with E-state index >= 15 is 0 Å². The third kappa shape index (κ3) is 2.18. The molecule has 2 saturated heterocycles. The molecular weight excluding hydrogens is 228 g/mol. The van der Waals surface area contributed by atoms with E-state index in [-0.39, 0.29) is 23.7 Å². The molecule has 100 valence electrons. The van der Waals surface area contributed by atoms with Crippen LogP contribution in [0.15, 0.2) is 0 Å². The molecule has 1 saturated carbocycles. The standard InChI is InChI=1S/C14H22N2O2/c17-13-10-4-5-11(9-10)14(18)16(13)8-6-12-3-1-2-7-15-12/h10-12,15H,1-9H2. The topological polar surface area (TPSA) is 49.4 Å². The summed E-state index contributed by atoms with van der Waals surface area (Å²) in [5, 5.41) is 3.48. The molecule has 0 radical (unpaired) electrons. The smallest absolute Gasteiger partial charge is 0.232 e. The van der Waals surface area contributed by atoms with E-state index < -0.39 is 0 Å². The first-order chi connectivity index (χ1) is 8.75. The Morgan fingerprint density at radius 3 is 2.39 bits per heavy atom. The highest BCUT2D eigenvalue weighted by molar-refractivity contribution is 6.00. The lowest BCUT2D eigenvalue weighted by Gasteiger charge is -2.32. The zero-order chi connectivity index (χ0) is 12.5. The van der Waals surface area contributed by atoms with Crippen LogP contribution in [0.1, 0.15) is 44.9 Å². The highest BCUT2D eigenvalue weighted by Gasteiger charge is 2.44. The van der Waals surface area contributed by atoms with Gasteiger partial charge in [-0.3, -0.25) is 14.5 Å². The van der Waals surface area contributed by atoms with Crippen LogP contribution in [0.5, 0.6) is 0 Å². The fourth-order valence-electron chi connectivity index (χ4n) is 3.66. The molecule has 3 unspecified atom stereocenters. The van der Waals surface area contributed by atoms with Crippen molar-refractivity contribution in [3.05, 3.63) is 0 Å². The van der Waals surface area contributed by atoms with Crippen LogP contribution in [-0.2, 0) is 9.59 Å². The number of nitrogens with one attached hydrogen (secondary N) is 1. The summed E-state index contributed by atoms with van der Waals surface area (Å²) < 4.78 is 0. The lowest BCUT2D eigenvalue weighted by molar-refractivity contribution is -0.152. The number of hydrogen-bond donors (Lipinski definition) is 1. The van der Waals surface area contributed by atoms with E-state index in [1.165, 1.54) is 19.3 Å². The second-order valence-electron chi connectivity index (χ2n) is 5.97. The number of carbonyl (C=O) groups excluding carboxylic acids is 2. The van der Waals surface area contributed by atoms with Gasteiger partial charge in [0.05, 0.1) is 0 Å². The number of imide groups is 1. The van der Waals surface area contributed by atoms with Crippen LogP contribution < -0.4 is 5.32 Å². The van der Waals surface area contributed by atoms with Crippen molar-refractivity contribution in [1.82, 2.24) is 10.2 Å². The molecular formula is C14H22N2O2. The van der Waals surface area contributed by atoms with E-state index in [1.807, 2.05) is 0 Å². The van der Waals surface area contributed by atoms with Gasteiger partial charge in [0.1, 0.15) is 0 Å². The summed E-state index contributed by atoms with van der Waals surface area (Å²) in [7, 11) is 0. The van der Waals surface area contributed by atoms with Crippen molar-refractivity contribution < 1.29 is 9.59 Å². The molecule has 2 heterocycles. The van der Waals surface area contributed by atoms with Crippen LogP contribution in [-0.4, -0.2) is 35.8 Å². The lowest BCUT2D eigenvalue weighted by atomic mass is 9.96. The summed E-state index contributed by atoms with van der Waals surface area (Å²) in [5.74, 6) is 0.494. The predicted octanol–water partition coefficient (Wildman–Crippen LogP) is 1.30. The second kappa shape index (κ2) is 5.00. The van der Waals surface area contributed by atoms with E-state index in [2.05, 4.69) is 5.32 Å². The molecule has 0 aromatic heterocycles. The Balaban J connectivity index is 1.58. The van der Waals surface area contributed by atoms with E-state index in [0.29, 0.717) is 12.6 Å². The van der Waals surface area contributed by atoms with E-state index in [4.69, 9.17) is 0 Å². The van der Waals surface area contributed by atoms with Crippen LogP contribution in [0.3, 0.4) is 0 Å². The number of piperidine rings is 2. The Labute approximate surface area is 108 Å². The molecule has 2 amide bonds. The van der Waals surface area contributed by atoms with Gasteiger partial charge in [0.25, 0.3) is 0 Å². The molecule has 2 aliphatic heterocycles. The van der Waals surface area contributed by atoms with Gasteiger partial charge in [0.2, 0.25) is 11.8 Å². The van der Waals surface area contributed by atoms with Crippen LogP contribution in [0.2, 0.25) is 0 Å². The SMILES string of the molecule is O=C1C2CCC(C2)C(=O)N1CCC1CCCCN1. The van der Waals surface area contributed by atoms with Gasteiger partial charge >= 0.3 is 0 Å². The number of rotatable bonds is 3. The summed E-state index contributed by atoms with van der Waals surface area (Å²) in [4.78, 5) is 25.9. The monoisotopic (exact) mass is 250 g/mol. The third-order valence-corrected chi connectivity index (χ3v) is 4.78. The first kappa shape index (κ1) is 12.2. The average molecular weight is 250 g/mol. The molecule has 18 heavy (non-hydrogen) atoms. The Morgan fingerprint density at radius 2 is 1.78 bits per heavy atom. The number of fused-ring (bicyclic) bond motifs is 2. The first-order valence-corrected chi connectivity index (χ1v) is 7.34. The number of hydrogen-bond acceptors (Lipinski definition) is 3. The van der Waals surface area contributed by atoms with Gasteiger partial charge in [0, 0.05) is 24.4 Å². The lowest BCUT2D eigenvalue weighted by Crippen LogP contribution is -2.48. The minimum absolute atomic E-state index is 0.101. The Morgan fingerprint density at radius 1 is 1.06 bits per heavy atom. The van der Waals surface area contributed by atoms with Gasteiger partial charge in [-0.15, -0.1) is 0 Å². The van der Waals surface area contributed by atoms with Crippen LogP contribution >= 0.6 is 0 Å². The zero-order valence-electron chi connectivity index (χ0n) is 10.9. The molecule has 3 fully saturated rings. The number of likely N-dealkylation sites (tertiary alicyclic amines) is 1. The maximum atomic E-state index is 12.2. The summed E-state index contributed by atoms with van der Waals surface area (Å²) in [6, 6.07) is 0.499.